The number of rotatable bonds is 0. The van der Waals surface area contributed by atoms with Gasteiger partial charge in [0.25, 0.3) is 0 Å². The van der Waals surface area contributed by atoms with Gasteiger partial charge in [0.05, 0.1) is 0 Å². The maximum atomic E-state index is 2.52. The zero-order valence-corrected chi connectivity index (χ0v) is 10.5. The van der Waals surface area contributed by atoms with Gasteiger partial charge in [-0.05, 0) is 0 Å². The van der Waals surface area contributed by atoms with Crippen LogP contribution in [0, 0.1) is 0 Å². The second kappa shape index (κ2) is 7.36. The number of hydrogen-bond donors (Lipinski definition) is 0. The van der Waals surface area contributed by atoms with Gasteiger partial charge < -0.3 is 0 Å². The number of alkyl halides is 3. The molecular weight excluding hydrogens is 271 g/mol. The Balaban J connectivity index is 0.000000132. The molecule has 0 unspecified atom stereocenters. The van der Waals surface area contributed by atoms with Crippen molar-refractivity contribution in [2.75, 3.05) is 13.8 Å². The molecule has 0 amide bonds. The first kappa shape index (κ1) is 11.0. The van der Waals surface area contributed by atoms with Crippen molar-refractivity contribution in [1.29, 1.82) is 0 Å². The summed E-state index contributed by atoms with van der Waals surface area (Å²) in [4.78, 5) is 2.52. The minimum atomic E-state index is -0.239. The molecule has 0 atom stereocenters. The van der Waals surface area contributed by atoms with Crippen LogP contribution in [-0.4, -0.2) is 13.8 Å². The van der Waals surface area contributed by atoms with Gasteiger partial charge >= 0.3 is 52.9 Å². The van der Waals surface area contributed by atoms with Crippen molar-refractivity contribution in [2.24, 2.45) is 0 Å². The largest absolute Gasteiger partial charge is 0.0623 e. The van der Waals surface area contributed by atoms with E-state index in [0.717, 1.165) is 0 Å². The molecular formula is C12H19I. The Morgan fingerprint density at radius 3 is 1.31 bits per heavy atom. The second-order valence-electron chi connectivity index (χ2n) is 3.32. The molecule has 0 N–H and O–H groups in total. The van der Waals surface area contributed by atoms with Crippen LogP contribution in [0.4, 0.5) is 0 Å². The summed E-state index contributed by atoms with van der Waals surface area (Å²) < 4.78 is 3.29. The number of halogens is 1. The molecule has 1 aromatic rings. The van der Waals surface area contributed by atoms with Crippen LogP contribution in [-0.2, 0) is 0 Å². The van der Waals surface area contributed by atoms with Crippen LogP contribution in [0.3, 0.4) is 0 Å². The van der Waals surface area contributed by atoms with E-state index in [4.69, 9.17) is 0 Å². The predicted molar refractivity (Wildman–Crippen MR) is 70.0 cm³/mol. The molecule has 1 heterocycles. The monoisotopic (exact) mass is 290 g/mol. The third-order valence-electron chi connectivity index (χ3n) is 2.08. The van der Waals surface area contributed by atoms with Crippen LogP contribution in [0.5, 0.6) is 0 Å². The molecule has 1 aliphatic heterocycles. The molecule has 2 rings (SSSR count). The van der Waals surface area contributed by atoms with Crippen LogP contribution < -0.4 is 0 Å². The molecule has 1 fully saturated rings. The average molecular weight is 290 g/mol. The fourth-order valence-corrected chi connectivity index (χ4v) is 5.52. The molecule has 1 saturated heterocycles. The average Bonchev–Trinajstić information content (AvgIpc) is 2.22. The van der Waals surface area contributed by atoms with E-state index >= 15 is 0 Å². The quantitative estimate of drug-likeness (QED) is 0.500. The topological polar surface area (TPSA) is 0 Å². The first-order chi connectivity index (χ1) is 6.39. The number of benzene rings is 1. The van der Waals surface area contributed by atoms with Gasteiger partial charge in [-0.25, -0.2) is 0 Å². The van der Waals surface area contributed by atoms with Crippen LogP contribution in [0.2, 0.25) is 0 Å². The molecule has 1 heteroatoms. The zero-order valence-electron chi connectivity index (χ0n) is 8.38. The van der Waals surface area contributed by atoms with Crippen molar-refractivity contribution in [3.63, 3.8) is 0 Å². The fourth-order valence-electron chi connectivity index (χ4n) is 1.30. The Hall–Kier alpha value is -0.0500. The van der Waals surface area contributed by atoms with E-state index in [1.54, 1.807) is 21.7 Å². The summed E-state index contributed by atoms with van der Waals surface area (Å²) in [7, 11) is 0. The first-order valence-electron chi connectivity index (χ1n) is 4.91. The smallest absolute Gasteiger partial charge is 0.0623 e. The SMILES string of the molecule is CI1CCCCC1.c1ccccc1. The van der Waals surface area contributed by atoms with Crippen molar-refractivity contribution in [3.05, 3.63) is 36.4 Å². The van der Waals surface area contributed by atoms with Crippen molar-refractivity contribution in [1.82, 2.24) is 0 Å². The first-order valence-corrected chi connectivity index (χ1v) is 10.1. The molecule has 0 bridgehead atoms. The fraction of sp³-hybridized carbons (Fsp3) is 0.500. The summed E-state index contributed by atoms with van der Waals surface area (Å²) in [6.45, 7) is 0. The summed E-state index contributed by atoms with van der Waals surface area (Å²) >= 11 is -0.239. The van der Waals surface area contributed by atoms with Crippen LogP contribution in [0.25, 0.3) is 0 Å². The summed E-state index contributed by atoms with van der Waals surface area (Å²) in [5.41, 5.74) is 0. The Morgan fingerprint density at radius 2 is 1.08 bits per heavy atom. The van der Waals surface area contributed by atoms with Gasteiger partial charge in [0.2, 0.25) is 0 Å². The van der Waals surface area contributed by atoms with E-state index in [0.29, 0.717) is 0 Å². The molecule has 74 valence electrons. The summed E-state index contributed by atoms with van der Waals surface area (Å²) in [6.07, 6.45) is 4.64. The Labute approximate surface area is 89.1 Å². The van der Waals surface area contributed by atoms with Gasteiger partial charge in [0.1, 0.15) is 0 Å². The van der Waals surface area contributed by atoms with Gasteiger partial charge in [0.15, 0.2) is 0 Å². The van der Waals surface area contributed by atoms with Crippen molar-refractivity contribution >= 4 is 19.8 Å². The Kier molecular flexibility index (Phi) is 6.25. The molecule has 0 saturated carbocycles. The Bertz CT molecular complexity index is 163. The molecule has 0 aromatic heterocycles. The minimum Gasteiger partial charge on any atom is -0.0623 e. The maximum absolute atomic E-state index is 2.52. The van der Waals surface area contributed by atoms with Crippen LogP contribution in [0.1, 0.15) is 19.3 Å². The van der Waals surface area contributed by atoms with Crippen molar-refractivity contribution < 1.29 is 0 Å². The van der Waals surface area contributed by atoms with Crippen LogP contribution >= 0.6 is 19.8 Å². The summed E-state index contributed by atoms with van der Waals surface area (Å²) in [5, 5.41) is 0. The summed E-state index contributed by atoms with van der Waals surface area (Å²) in [6, 6.07) is 12.0. The van der Waals surface area contributed by atoms with E-state index in [9.17, 15) is 0 Å². The van der Waals surface area contributed by atoms with E-state index < -0.39 is 0 Å². The molecule has 0 spiro atoms. The summed E-state index contributed by atoms with van der Waals surface area (Å²) in [5.74, 6) is 0. The van der Waals surface area contributed by atoms with Crippen molar-refractivity contribution in [2.45, 2.75) is 19.3 Å². The molecule has 13 heavy (non-hydrogen) atoms. The minimum absolute atomic E-state index is 0.239. The Morgan fingerprint density at radius 1 is 0.692 bits per heavy atom. The van der Waals surface area contributed by atoms with Gasteiger partial charge in [0, 0.05) is 0 Å². The van der Waals surface area contributed by atoms with Gasteiger partial charge in [-0.3, -0.25) is 0 Å². The standard InChI is InChI=1S/C6H13I.C6H6/c1-7-5-3-2-4-6-7;1-2-4-6-5-3-1/h2-6H2,1H3;1-6H. The van der Waals surface area contributed by atoms with E-state index in [1.165, 1.54) is 6.42 Å². The number of hydrogen-bond acceptors (Lipinski definition) is 0. The predicted octanol–water partition coefficient (Wildman–Crippen LogP) is 3.99. The molecule has 0 nitrogen and oxygen atoms in total. The molecule has 1 aliphatic rings. The third-order valence-corrected chi connectivity index (χ3v) is 7.29. The van der Waals surface area contributed by atoms with E-state index in [1.807, 2.05) is 36.4 Å². The maximum Gasteiger partial charge on any atom is -0.0623 e. The van der Waals surface area contributed by atoms with Gasteiger partial charge in [-0.15, -0.1) is 0 Å². The molecule has 1 aromatic carbocycles. The van der Waals surface area contributed by atoms with Crippen LogP contribution in [0.15, 0.2) is 36.4 Å². The van der Waals surface area contributed by atoms with E-state index in [-0.39, 0.29) is 19.8 Å². The normalized spacial score (nSPS) is 18.7. The van der Waals surface area contributed by atoms with E-state index in [2.05, 4.69) is 4.93 Å². The zero-order chi connectivity index (χ0) is 9.36. The molecule has 0 radical (unpaired) electrons. The third kappa shape index (κ3) is 6.08. The van der Waals surface area contributed by atoms with Gasteiger partial charge in [-0.1, -0.05) is 36.4 Å². The second-order valence-corrected chi connectivity index (χ2v) is 9.60. The van der Waals surface area contributed by atoms with Crippen molar-refractivity contribution in [3.8, 4) is 0 Å². The molecule has 0 aliphatic carbocycles. The van der Waals surface area contributed by atoms with Gasteiger partial charge in [-0.2, -0.15) is 0 Å².